The molecule has 2 rings (SSSR count). The van der Waals surface area contributed by atoms with Crippen LogP contribution in [-0.2, 0) is 16.0 Å². The van der Waals surface area contributed by atoms with E-state index < -0.39 is 12.0 Å². The summed E-state index contributed by atoms with van der Waals surface area (Å²) in [6.07, 6.45) is 0.324. The maximum absolute atomic E-state index is 12.1. The summed E-state index contributed by atoms with van der Waals surface area (Å²) >= 11 is 1.13. The number of carbonyl (C=O) groups excluding carboxylic acids is 2. The topological polar surface area (TPSA) is 104 Å². The smallest absolute Gasteiger partial charge is 0.357 e. The average molecular weight is 335 g/mol. The van der Waals surface area contributed by atoms with Crippen LogP contribution in [0.3, 0.4) is 0 Å². The third-order valence-electron chi connectivity index (χ3n) is 3.10. The second kappa shape index (κ2) is 7.70. The van der Waals surface area contributed by atoms with E-state index in [1.807, 2.05) is 24.3 Å². The number of benzene rings is 1. The number of esters is 1. The lowest BCUT2D eigenvalue weighted by Crippen LogP contribution is -2.37. The molecule has 1 heterocycles. The molecule has 0 aliphatic rings. The summed E-state index contributed by atoms with van der Waals surface area (Å²) in [6.45, 7) is 0. The molecule has 0 fully saturated rings. The van der Waals surface area contributed by atoms with E-state index in [1.165, 1.54) is 12.5 Å². The van der Waals surface area contributed by atoms with E-state index in [2.05, 4.69) is 15.0 Å². The molecule has 8 heteroatoms. The number of carbonyl (C=O) groups is 2. The molecule has 2 aromatic rings. The number of nitrogens with one attached hydrogen (secondary N) is 1. The van der Waals surface area contributed by atoms with E-state index in [4.69, 9.17) is 10.5 Å². The first-order valence-electron chi connectivity index (χ1n) is 6.77. The van der Waals surface area contributed by atoms with Gasteiger partial charge in [-0.25, -0.2) is 9.78 Å². The predicted molar refractivity (Wildman–Crippen MR) is 86.8 cm³/mol. The highest BCUT2D eigenvalue weighted by molar-refractivity contribution is 7.14. The highest BCUT2D eigenvalue weighted by Gasteiger charge is 2.18. The Hall–Kier alpha value is -2.45. The second-order valence-electron chi connectivity index (χ2n) is 4.64. The lowest BCUT2D eigenvalue weighted by molar-refractivity contribution is -0.117. The van der Waals surface area contributed by atoms with Crippen LogP contribution in [0, 0.1) is 0 Å². The Bertz CT molecular complexity index is 702. The Labute approximate surface area is 137 Å². The predicted octanol–water partition coefficient (Wildman–Crippen LogP) is 1.45. The van der Waals surface area contributed by atoms with Gasteiger partial charge in [-0.3, -0.25) is 4.79 Å². The third-order valence-corrected chi connectivity index (χ3v) is 3.86. The Morgan fingerprint density at radius 3 is 2.78 bits per heavy atom. The summed E-state index contributed by atoms with van der Waals surface area (Å²) in [7, 11) is 2.83. The molecule has 0 aliphatic heterocycles. The van der Waals surface area contributed by atoms with Crippen LogP contribution in [0.2, 0.25) is 0 Å². The molecule has 7 nitrogen and oxygen atoms in total. The Kier molecular flexibility index (Phi) is 5.67. The fraction of sp³-hybridized carbons (Fsp3) is 0.267. The van der Waals surface area contributed by atoms with E-state index in [0.29, 0.717) is 17.3 Å². The number of anilines is 1. The van der Waals surface area contributed by atoms with Crippen molar-refractivity contribution >= 4 is 28.3 Å². The van der Waals surface area contributed by atoms with Crippen molar-refractivity contribution < 1.29 is 19.1 Å². The molecule has 1 atom stereocenters. The van der Waals surface area contributed by atoms with Crippen molar-refractivity contribution in [2.45, 2.75) is 12.5 Å². The van der Waals surface area contributed by atoms with Gasteiger partial charge in [0, 0.05) is 11.8 Å². The van der Waals surface area contributed by atoms with Gasteiger partial charge in [0.25, 0.3) is 0 Å². The first-order chi connectivity index (χ1) is 11.0. The maximum Gasteiger partial charge on any atom is 0.357 e. The van der Waals surface area contributed by atoms with Crippen LogP contribution in [0.15, 0.2) is 29.6 Å². The molecule has 23 heavy (non-hydrogen) atoms. The normalized spacial score (nSPS) is 11.6. The number of nitrogens with two attached hydrogens (primary N) is 1. The zero-order valence-electron chi connectivity index (χ0n) is 12.7. The van der Waals surface area contributed by atoms with Crippen molar-refractivity contribution in [3.05, 3.63) is 40.9 Å². The molecule has 3 N–H and O–H groups in total. The number of ether oxygens (including phenoxy) is 2. The van der Waals surface area contributed by atoms with Crippen molar-refractivity contribution in [3.63, 3.8) is 0 Å². The van der Waals surface area contributed by atoms with Crippen LogP contribution in [0.4, 0.5) is 5.13 Å². The molecular formula is C15H17N3O4S. The Morgan fingerprint density at radius 1 is 1.35 bits per heavy atom. The Balaban J connectivity index is 2.00. The molecule has 0 bridgehead atoms. The fourth-order valence-corrected chi connectivity index (χ4v) is 2.61. The van der Waals surface area contributed by atoms with E-state index in [0.717, 1.165) is 16.9 Å². The molecule has 0 radical (unpaired) electrons. The van der Waals surface area contributed by atoms with E-state index in [1.54, 1.807) is 7.11 Å². The summed E-state index contributed by atoms with van der Waals surface area (Å²) in [6, 6.07) is 6.59. The van der Waals surface area contributed by atoms with Gasteiger partial charge < -0.3 is 20.5 Å². The summed E-state index contributed by atoms with van der Waals surface area (Å²) in [5, 5.41) is 4.40. The monoisotopic (exact) mass is 335 g/mol. The molecule has 0 spiro atoms. The highest BCUT2D eigenvalue weighted by atomic mass is 32.1. The van der Waals surface area contributed by atoms with Gasteiger partial charge in [0.2, 0.25) is 5.91 Å². The molecule has 1 unspecified atom stereocenters. The van der Waals surface area contributed by atoms with E-state index >= 15 is 0 Å². The minimum Gasteiger partial charge on any atom is -0.496 e. The van der Waals surface area contributed by atoms with Crippen molar-refractivity contribution in [2.75, 3.05) is 19.5 Å². The number of nitrogens with zero attached hydrogens (tertiary/aromatic N) is 1. The number of hydrogen-bond donors (Lipinski definition) is 2. The minimum atomic E-state index is -0.767. The van der Waals surface area contributed by atoms with Gasteiger partial charge in [0.15, 0.2) is 10.8 Å². The third kappa shape index (κ3) is 4.27. The zero-order valence-corrected chi connectivity index (χ0v) is 13.6. The van der Waals surface area contributed by atoms with Crippen LogP contribution >= 0.6 is 11.3 Å². The van der Waals surface area contributed by atoms with E-state index in [9.17, 15) is 9.59 Å². The molecule has 1 aromatic carbocycles. The SMILES string of the molecule is COC(=O)c1csc(NC(=O)C(N)Cc2ccccc2OC)n1. The summed E-state index contributed by atoms with van der Waals surface area (Å²) in [5.74, 6) is -0.264. The Morgan fingerprint density at radius 2 is 2.09 bits per heavy atom. The number of para-hydroxylation sites is 1. The lowest BCUT2D eigenvalue weighted by atomic mass is 10.1. The van der Waals surface area contributed by atoms with Gasteiger partial charge in [-0.2, -0.15) is 0 Å². The van der Waals surface area contributed by atoms with Crippen molar-refractivity contribution in [1.29, 1.82) is 0 Å². The van der Waals surface area contributed by atoms with Crippen molar-refractivity contribution in [1.82, 2.24) is 4.98 Å². The van der Waals surface area contributed by atoms with Gasteiger partial charge in [-0.1, -0.05) is 18.2 Å². The van der Waals surface area contributed by atoms with Crippen LogP contribution in [0.5, 0.6) is 5.75 Å². The van der Waals surface area contributed by atoms with Crippen molar-refractivity contribution in [2.24, 2.45) is 5.73 Å². The number of methoxy groups -OCH3 is 2. The van der Waals surface area contributed by atoms with Gasteiger partial charge in [0.05, 0.1) is 20.3 Å². The number of hydrogen-bond acceptors (Lipinski definition) is 7. The first kappa shape index (κ1) is 16.9. The molecule has 1 amide bonds. The van der Waals surface area contributed by atoms with Gasteiger partial charge in [-0.05, 0) is 11.6 Å². The van der Waals surface area contributed by atoms with E-state index in [-0.39, 0.29) is 11.6 Å². The largest absolute Gasteiger partial charge is 0.496 e. The molecule has 0 saturated heterocycles. The molecule has 1 aromatic heterocycles. The number of aromatic nitrogens is 1. The van der Waals surface area contributed by atoms with Crippen LogP contribution in [0.1, 0.15) is 16.1 Å². The van der Waals surface area contributed by atoms with Crippen molar-refractivity contribution in [3.8, 4) is 5.75 Å². The minimum absolute atomic E-state index is 0.145. The summed E-state index contributed by atoms with van der Waals surface area (Å²) in [4.78, 5) is 27.4. The van der Waals surface area contributed by atoms with Crippen LogP contribution in [-0.4, -0.2) is 37.1 Å². The van der Waals surface area contributed by atoms with Crippen LogP contribution < -0.4 is 15.8 Å². The molecule has 0 saturated carbocycles. The lowest BCUT2D eigenvalue weighted by Gasteiger charge is -2.13. The zero-order chi connectivity index (χ0) is 16.8. The second-order valence-corrected chi connectivity index (χ2v) is 5.50. The maximum atomic E-state index is 12.1. The summed E-state index contributed by atoms with van der Waals surface area (Å²) in [5.41, 5.74) is 6.92. The molecule has 122 valence electrons. The summed E-state index contributed by atoms with van der Waals surface area (Å²) < 4.78 is 9.80. The van der Waals surface area contributed by atoms with Gasteiger partial charge >= 0.3 is 5.97 Å². The number of thiazole rings is 1. The number of amides is 1. The number of rotatable bonds is 6. The first-order valence-corrected chi connectivity index (χ1v) is 7.65. The standard InChI is InChI=1S/C15H17N3O4S/c1-21-12-6-4-3-5-9(12)7-10(16)13(19)18-15-17-11(8-23-15)14(20)22-2/h3-6,8,10H,7,16H2,1-2H3,(H,17,18,19). The quantitative estimate of drug-likeness (QED) is 0.774. The average Bonchev–Trinajstić information content (AvgIpc) is 3.03. The van der Waals surface area contributed by atoms with Gasteiger partial charge in [-0.15, -0.1) is 11.3 Å². The highest BCUT2D eigenvalue weighted by Crippen LogP contribution is 2.20. The van der Waals surface area contributed by atoms with Crippen LogP contribution in [0.25, 0.3) is 0 Å². The van der Waals surface area contributed by atoms with Gasteiger partial charge in [0.1, 0.15) is 5.75 Å². The molecular weight excluding hydrogens is 318 g/mol. The molecule has 0 aliphatic carbocycles. The fourth-order valence-electron chi connectivity index (χ4n) is 1.93.